The lowest BCUT2D eigenvalue weighted by atomic mass is 10.2. The van der Waals surface area contributed by atoms with E-state index in [1.807, 2.05) is 13.8 Å². The lowest BCUT2D eigenvalue weighted by Gasteiger charge is -2.15. The number of halogens is 1. The number of ether oxygens (including phenoxy) is 1. The van der Waals surface area contributed by atoms with E-state index in [1.165, 1.54) is 24.9 Å². The van der Waals surface area contributed by atoms with Crippen LogP contribution >= 0.6 is 23.4 Å². The third-order valence-corrected chi connectivity index (χ3v) is 4.84. The molecule has 0 aliphatic heterocycles. The molecule has 1 aromatic carbocycles. The van der Waals surface area contributed by atoms with Crippen molar-refractivity contribution in [2.24, 2.45) is 0 Å². The Balaban J connectivity index is 1.98. The summed E-state index contributed by atoms with van der Waals surface area (Å²) in [7, 11) is 0. The normalized spacial score (nSPS) is 11.6. The van der Waals surface area contributed by atoms with Gasteiger partial charge in [0.15, 0.2) is 6.10 Å². The van der Waals surface area contributed by atoms with Crippen LogP contribution in [0.25, 0.3) is 0 Å². The number of anilines is 1. The number of hydrogen-bond acceptors (Lipinski definition) is 6. The van der Waals surface area contributed by atoms with Crippen molar-refractivity contribution in [3.8, 4) is 0 Å². The van der Waals surface area contributed by atoms with Crippen LogP contribution < -0.4 is 10.6 Å². The summed E-state index contributed by atoms with van der Waals surface area (Å²) >= 11 is 6.99. The first-order valence-electron chi connectivity index (χ1n) is 8.91. The van der Waals surface area contributed by atoms with Crippen molar-refractivity contribution in [3.05, 3.63) is 53.2 Å². The first-order chi connectivity index (χ1) is 13.8. The number of carbonyl (C=O) groups excluding carboxylic acids is 3. The number of carbonyl (C=O) groups is 3. The summed E-state index contributed by atoms with van der Waals surface area (Å²) in [4.78, 5) is 41.2. The highest BCUT2D eigenvalue weighted by molar-refractivity contribution is 8.00. The Morgan fingerprint density at radius 2 is 1.86 bits per heavy atom. The summed E-state index contributed by atoms with van der Waals surface area (Å²) < 4.78 is 5.29. The number of hydrogen-bond donors (Lipinski definition) is 2. The van der Waals surface area contributed by atoms with Gasteiger partial charge in [0, 0.05) is 17.1 Å². The van der Waals surface area contributed by atoms with E-state index in [4.69, 9.17) is 16.3 Å². The summed E-state index contributed by atoms with van der Waals surface area (Å²) in [5, 5.41) is 5.79. The number of nitrogens with zero attached hydrogens (tertiary/aromatic N) is 1. The van der Waals surface area contributed by atoms with Crippen LogP contribution in [-0.4, -0.2) is 40.7 Å². The van der Waals surface area contributed by atoms with E-state index in [1.54, 1.807) is 36.4 Å². The first-order valence-corrected chi connectivity index (χ1v) is 10.3. The van der Waals surface area contributed by atoms with Gasteiger partial charge in [0.25, 0.3) is 5.91 Å². The van der Waals surface area contributed by atoms with Crippen LogP contribution in [0.5, 0.6) is 0 Å². The second kappa shape index (κ2) is 10.8. The second-order valence-electron chi connectivity index (χ2n) is 6.41. The van der Waals surface area contributed by atoms with Crippen molar-refractivity contribution in [2.75, 3.05) is 11.1 Å². The maximum absolute atomic E-state index is 12.6. The van der Waals surface area contributed by atoms with Gasteiger partial charge in [0.05, 0.1) is 16.3 Å². The van der Waals surface area contributed by atoms with Gasteiger partial charge in [-0.15, -0.1) is 11.8 Å². The molecule has 7 nitrogen and oxygen atoms in total. The lowest BCUT2D eigenvalue weighted by Crippen LogP contribution is -2.31. The fourth-order valence-corrected chi connectivity index (χ4v) is 3.19. The minimum atomic E-state index is -1.04. The first kappa shape index (κ1) is 22.7. The van der Waals surface area contributed by atoms with Crippen LogP contribution in [0.3, 0.4) is 0 Å². The SMILES string of the molecule is CC(C)NC(=O)CSc1ccccc1C(=O)O[C@@H](C)C(=O)Nc1ccc(Cl)cn1. The van der Waals surface area contributed by atoms with Crippen molar-refractivity contribution in [1.29, 1.82) is 0 Å². The molecular formula is C20H22ClN3O4S. The molecule has 1 heterocycles. The topological polar surface area (TPSA) is 97.4 Å². The van der Waals surface area contributed by atoms with Crippen molar-refractivity contribution in [2.45, 2.75) is 37.8 Å². The van der Waals surface area contributed by atoms with E-state index in [-0.39, 0.29) is 17.7 Å². The fourth-order valence-electron chi connectivity index (χ4n) is 2.22. The molecule has 0 aliphatic rings. The molecular weight excluding hydrogens is 414 g/mol. The maximum Gasteiger partial charge on any atom is 0.340 e. The van der Waals surface area contributed by atoms with E-state index in [2.05, 4.69) is 15.6 Å². The number of benzene rings is 1. The molecule has 2 amide bonds. The number of aromatic nitrogens is 1. The highest BCUT2D eigenvalue weighted by Crippen LogP contribution is 2.23. The predicted molar refractivity (Wildman–Crippen MR) is 113 cm³/mol. The number of esters is 1. The molecule has 154 valence electrons. The van der Waals surface area contributed by atoms with Gasteiger partial charge in [-0.1, -0.05) is 23.7 Å². The molecule has 0 spiro atoms. The van der Waals surface area contributed by atoms with E-state index in [9.17, 15) is 14.4 Å². The van der Waals surface area contributed by atoms with Crippen molar-refractivity contribution < 1.29 is 19.1 Å². The van der Waals surface area contributed by atoms with Gasteiger partial charge in [0.1, 0.15) is 5.82 Å². The second-order valence-corrected chi connectivity index (χ2v) is 7.86. The van der Waals surface area contributed by atoms with Crippen LogP contribution in [0.1, 0.15) is 31.1 Å². The van der Waals surface area contributed by atoms with Crippen molar-refractivity contribution in [1.82, 2.24) is 10.3 Å². The maximum atomic E-state index is 12.6. The molecule has 0 bridgehead atoms. The summed E-state index contributed by atoms with van der Waals surface area (Å²) in [6.07, 6.45) is 0.360. The van der Waals surface area contributed by atoms with Gasteiger partial charge < -0.3 is 15.4 Å². The summed E-state index contributed by atoms with van der Waals surface area (Å²) in [6, 6.07) is 9.95. The third kappa shape index (κ3) is 7.40. The number of pyridine rings is 1. The van der Waals surface area contributed by atoms with Crippen LogP contribution in [0.2, 0.25) is 5.02 Å². The standard InChI is InChI=1S/C20H22ClN3O4S/c1-12(2)23-18(25)11-29-16-7-5-4-6-15(16)20(27)28-13(3)19(26)24-17-9-8-14(21)10-22-17/h4-10,12-13H,11H2,1-3H3,(H,23,25)(H,22,24,26)/t13-/m0/s1. The lowest BCUT2D eigenvalue weighted by molar-refractivity contribution is -0.123. The highest BCUT2D eigenvalue weighted by Gasteiger charge is 2.21. The van der Waals surface area contributed by atoms with E-state index in [0.717, 1.165) is 0 Å². The summed E-state index contributed by atoms with van der Waals surface area (Å²) in [5.74, 6) is -0.828. The fraction of sp³-hybridized carbons (Fsp3) is 0.300. The van der Waals surface area contributed by atoms with Gasteiger partial charge >= 0.3 is 5.97 Å². The number of rotatable bonds is 8. The van der Waals surface area contributed by atoms with Crippen LogP contribution in [0, 0.1) is 0 Å². The van der Waals surface area contributed by atoms with Gasteiger partial charge in [-0.05, 0) is 45.0 Å². The number of amides is 2. The van der Waals surface area contributed by atoms with Gasteiger partial charge in [0.2, 0.25) is 5.91 Å². The molecule has 1 aromatic heterocycles. The van der Waals surface area contributed by atoms with Crippen molar-refractivity contribution in [3.63, 3.8) is 0 Å². The van der Waals surface area contributed by atoms with Crippen LogP contribution in [-0.2, 0) is 14.3 Å². The molecule has 0 radical (unpaired) electrons. The Hall–Kier alpha value is -2.58. The molecule has 0 unspecified atom stereocenters. The van der Waals surface area contributed by atoms with Gasteiger partial charge in [-0.2, -0.15) is 0 Å². The molecule has 2 N–H and O–H groups in total. The minimum Gasteiger partial charge on any atom is -0.449 e. The zero-order valence-corrected chi connectivity index (χ0v) is 17.8. The van der Waals surface area contributed by atoms with E-state index < -0.39 is 18.0 Å². The van der Waals surface area contributed by atoms with E-state index >= 15 is 0 Å². The third-order valence-electron chi connectivity index (χ3n) is 3.55. The summed E-state index contributed by atoms with van der Waals surface area (Å²) in [6.45, 7) is 5.22. The Labute approximate surface area is 178 Å². The number of nitrogens with one attached hydrogen (secondary N) is 2. The largest absolute Gasteiger partial charge is 0.449 e. The molecule has 0 aliphatic carbocycles. The Kier molecular flexibility index (Phi) is 8.48. The highest BCUT2D eigenvalue weighted by atomic mass is 35.5. The quantitative estimate of drug-likeness (QED) is 0.486. The van der Waals surface area contributed by atoms with Crippen LogP contribution in [0.15, 0.2) is 47.5 Å². The molecule has 0 fully saturated rings. The molecule has 29 heavy (non-hydrogen) atoms. The summed E-state index contributed by atoms with van der Waals surface area (Å²) in [5.41, 5.74) is 0.291. The monoisotopic (exact) mass is 435 g/mol. The van der Waals surface area contributed by atoms with Gasteiger partial charge in [-0.3, -0.25) is 9.59 Å². The molecule has 2 aromatic rings. The molecule has 2 rings (SSSR count). The Morgan fingerprint density at radius 3 is 2.52 bits per heavy atom. The number of thioether (sulfide) groups is 1. The average Bonchev–Trinajstić information content (AvgIpc) is 2.67. The zero-order valence-electron chi connectivity index (χ0n) is 16.3. The molecule has 0 saturated heterocycles. The average molecular weight is 436 g/mol. The minimum absolute atomic E-state index is 0.0396. The molecule has 0 saturated carbocycles. The smallest absolute Gasteiger partial charge is 0.340 e. The molecule has 9 heteroatoms. The van der Waals surface area contributed by atoms with Crippen molar-refractivity contribution >= 4 is 47.0 Å². The Bertz CT molecular complexity index is 874. The zero-order chi connectivity index (χ0) is 21.4. The predicted octanol–water partition coefficient (Wildman–Crippen LogP) is 3.54. The molecule has 1 atom stereocenters. The Morgan fingerprint density at radius 1 is 1.14 bits per heavy atom. The van der Waals surface area contributed by atoms with Crippen LogP contribution in [0.4, 0.5) is 5.82 Å². The van der Waals surface area contributed by atoms with Gasteiger partial charge in [-0.25, -0.2) is 9.78 Å². The van der Waals surface area contributed by atoms with E-state index in [0.29, 0.717) is 21.3 Å².